The zero-order chi connectivity index (χ0) is 15.6. The summed E-state index contributed by atoms with van der Waals surface area (Å²) in [7, 11) is 0. The van der Waals surface area contributed by atoms with Crippen molar-refractivity contribution < 1.29 is 5.11 Å². The molecule has 2 rings (SSSR count). The zero-order valence-corrected chi connectivity index (χ0v) is 14.8. The Morgan fingerprint density at radius 3 is 2.48 bits per heavy atom. The lowest BCUT2D eigenvalue weighted by Gasteiger charge is -2.39. The second kappa shape index (κ2) is 6.69. The number of nitriles is 1. The third kappa shape index (κ3) is 3.44. The molecule has 0 saturated heterocycles. The molecule has 2 nitrogen and oxygen atoms in total. The van der Waals surface area contributed by atoms with Gasteiger partial charge >= 0.3 is 0 Å². The van der Waals surface area contributed by atoms with Crippen LogP contribution >= 0.6 is 27.5 Å². The molecule has 1 aromatic carbocycles. The molecule has 1 fully saturated rings. The number of hydrogen-bond donors (Lipinski definition) is 1. The average Bonchev–Trinajstić information content (AvgIpc) is 2.46. The molecule has 114 valence electrons. The van der Waals surface area contributed by atoms with E-state index in [0.29, 0.717) is 16.9 Å². The zero-order valence-electron chi connectivity index (χ0n) is 12.4. The summed E-state index contributed by atoms with van der Waals surface area (Å²) in [5.74, 6) is 1.30. The number of aliphatic hydroxyl groups excluding tert-OH is 1. The summed E-state index contributed by atoms with van der Waals surface area (Å²) in [5.41, 5.74) is 0.0748. The Morgan fingerprint density at radius 1 is 1.38 bits per heavy atom. The largest absolute Gasteiger partial charge is 0.387 e. The van der Waals surface area contributed by atoms with Gasteiger partial charge in [0.2, 0.25) is 0 Å². The van der Waals surface area contributed by atoms with E-state index >= 15 is 0 Å². The lowest BCUT2D eigenvalue weighted by Crippen LogP contribution is -2.33. The van der Waals surface area contributed by atoms with Gasteiger partial charge in [0.05, 0.1) is 17.6 Å². The minimum Gasteiger partial charge on any atom is -0.387 e. The molecule has 4 heteroatoms. The molecule has 0 aliphatic heterocycles. The van der Waals surface area contributed by atoms with Gasteiger partial charge in [-0.05, 0) is 55.2 Å². The van der Waals surface area contributed by atoms with Gasteiger partial charge in [-0.25, -0.2) is 0 Å². The average molecular weight is 371 g/mol. The molecule has 21 heavy (non-hydrogen) atoms. The molecule has 0 bridgehead atoms. The third-order valence-corrected chi connectivity index (χ3v) is 5.79. The maximum absolute atomic E-state index is 10.8. The van der Waals surface area contributed by atoms with Gasteiger partial charge in [-0.2, -0.15) is 5.26 Å². The van der Waals surface area contributed by atoms with Gasteiger partial charge in [0.25, 0.3) is 0 Å². The first-order valence-electron chi connectivity index (χ1n) is 7.44. The van der Waals surface area contributed by atoms with Crippen molar-refractivity contribution in [1.29, 1.82) is 5.26 Å². The van der Waals surface area contributed by atoms with Crippen LogP contribution in [0.25, 0.3) is 0 Å². The minimum atomic E-state index is -0.776. The van der Waals surface area contributed by atoms with Crippen molar-refractivity contribution in [3.05, 3.63) is 33.3 Å². The van der Waals surface area contributed by atoms with Crippen LogP contribution in [0.1, 0.15) is 51.2 Å². The summed E-state index contributed by atoms with van der Waals surface area (Å²) in [6.07, 6.45) is 2.74. The summed E-state index contributed by atoms with van der Waals surface area (Å²) in [6, 6.07) is 7.75. The third-order valence-electron chi connectivity index (χ3n) is 4.87. The Kier molecular flexibility index (Phi) is 5.35. The number of halogens is 2. The lowest BCUT2D eigenvalue weighted by molar-refractivity contribution is 0.0186. The maximum Gasteiger partial charge on any atom is 0.0987 e. The van der Waals surface area contributed by atoms with Gasteiger partial charge in [0.15, 0.2) is 0 Å². The first-order chi connectivity index (χ1) is 9.89. The fourth-order valence-corrected chi connectivity index (χ4v) is 4.19. The smallest absolute Gasteiger partial charge is 0.0987 e. The molecule has 1 N–H and O–H groups in total. The first-order valence-corrected chi connectivity index (χ1v) is 8.61. The van der Waals surface area contributed by atoms with E-state index in [1.807, 2.05) is 6.07 Å². The van der Waals surface area contributed by atoms with Gasteiger partial charge in [-0.3, -0.25) is 0 Å². The Balaban J connectivity index is 2.24. The van der Waals surface area contributed by atoms with Crippen LogP contribution in [0.3, 0.4) is 0 Å². The van der Waals surface area contributed by atoms with Crippen LogP contribution in [0, 0.1) is 28.6 Å². The van der Waals surface area contributed by atoms with E-state index in [9.17, 15) is 10.4 Å². The molecule has 1 saturated carbocycles. The quantitative estimate of drug-likeness (QED) is 0.764. The molecule has 0 radical (unpaired) electrons. The van der Waals surface area contributed by atoms with Crippen LogP contribution in [0.15, 0.2) is 22.7 Å². The molecule has 1 unspecified atom stereocenters. The Labute approximate surface area is 140 Å². The standard InChI is InChI=1S/C17H21BrClNO/c1-11(2)12-5-7-17(10-20,8-6-12)16(21)14-4-3-13(19)9-15(14)18/h3-4,9,11-12,16,21H,5-8H2,1-2H3. The maximum atomic E-state index is 10.8. The second-order valence-electron chi connectivity index (χ2n) is 6.42. The number of aliphatic hydroxyl groups is 1. The highest BCUT2D eigenvalue weighted by atomic mass is 79.9. The van der Waals surface area contributed by atoms with Crippen LogP contribution in [0.5, 0.6) is 0 Å². The molecule has 0 amide bonds. The molecule has 0 heterocycles. The SMILES string of the molecule is CC(C)C1CCC(C#N)(C(O)c2ccc(Cl)cc2Br)CC1. The Morgan fingerprint density at radius 2 is 2.00 bits per heavy atom. The summed E-state index contributed by atoms with van der Waals surface area (Å²) in [4.78, 5) is 0. The van der Waals surface area contributed by atoms with Crippen LogP contribution in [-0.2, 0) is 0 Å². The van der Waals surface area contributed by atoms with Gasteiger partial charge < -0.3 is 5.11 Å². The fourth-order valence-electron chi connectivity index (χ4n) is 3.29. The molecular formula is C17H21BrClNO. The van der Waals surface area contributed by atoms with Crippen LogP contribution in [0.2, 0.25) is 5.02 Å². The monoisotopic (exact) mass is 369 g/mol. The summed E-state index contributed by atoms with van der Waals surface area (Å²) >= 11 is 9.40. The number of benzene rings is 1. The van der Waals surface area contributed by atoms with Crippen molar-refractivity contribution in [3.63, 3.8) is 0 Å². The van der Waals surface area contributed by atoms with Crippen LogP contribution in [0.4, 0.5) is 0 Å². The van der Waals surface area contributed by atoms with Gasteiger partial charge in [-0.15, -0.1) is 0 Å². The lowest BCUT2D eigenvalue weighted by atomic mass is 9.65. The van der Waals surface area contributed by atoms with E-state index in [-0.39, 0.29) is 0 Å². The molecule has 1 aromatic rings. The van der Waals surface area contributed by atoms with E-state index in [0.717, 1.165) is 35.7 Å². The molecule has 1 atom stereocenters. The normalized spacial score (nSPS) is 27.4. The Bertz CT molecular complexity index is 544. The molecule has 0 aromatic heterocycles. The highest BCUT2D eigenvalue weighted by Gasteiger charge is 2.43. The summed E-state index contributed by atoms with van der Waals surface area (Å²) in [6.45, 7) is 4.46. The predicted molar refractivity (Wildman–Crippen MR) is 89.0 cm³/mol. The van der Waals surface area contributed by atoms with E-state index in [1.165, 1.54) is 0 Å². The van der Waals surface area contributed by atoms with E-state index in [1.54, 1.807) is 12.1 Å². The van der Waals surface area contributed by atoms with Gasteiger partial charge in [0, 0.05) is 9.50 Å². The molecule has 0 spiro atoms. The van der Waals surface area contributed by atoms with Crippen molar-refractivity contribution in [3.8, 4) is 6.07 Å². The fraction of sp³-hybridized carbons (Fsp3) is 0.588. The summed E-state index contributed by atoms with van der Waals surface area (Å²) in [5, 5.41) is 21.1. The van der Waals surface area contributed by atoms with Crippen molar-refractivity contribution >= 4 is 27.5 Å². The van der Waals surface area contributed by atoms with Crippen molar-refractivity contribution in [1.82, 2.24) is 0 Å². The molecule has 1 aliphatic rings. The molecular weight excluding hydrogens is 350 g/mol. The van der Waals surface area contributed by atoms with Gasteiger partial charge in [-0.1, -0.05) is 47.4 Å². The highest BCUT2D eigenvalue weighted by molar-refractivity contribution is 9.10. The van der Waals surface area contributed by atoms with Crippen LogP contribution < -0.4 is 0 Å². The number of nitrogens with zero attached hydrogens (tertiary/aromatic N) is 1. The second-order valence-corrected chi connectivity index (χ2v) is 7.71. The topological polar surface area (TPSA) is 44.0 Å². The predicted octanol–water partition coefficient (Wildman–Crippen LogP) is 5.49. The summed E-state index contributed by atoms with van der Waals surface area (Å²) < 4.78 is 0.767. The van der Waals surface area contributed by atoms with Crippen molar-refractivity contribution in [2.45, 2.75) is 45.6 Å². The highest BCUT2D eigenvalue weighted by Crippen LogP contribution is 2.49. The Hall–Kier alpha value is -0.560. The van der Waals surface area contributed by atoms with E-state index in [4.69, 9.17) is 11.6 Å². The van der Waals surface area contributed by atoms with E-state index < -0.39 is 11.5 Å². The van der Waals surface area contributed by atoms with Crippen molar-refractivity contribution in [2.75, 3.05) is 0 Å². The molecule has 1 aliphatic carbocycles. The van der Waals surface area contributed by atoms with Crippen LogP contribution in [-0.4, -0.2) is 5.11 Å². The van der Waals surface area contributed by atoms with E-state index in [2.05, 4.69) is 35.8 Å². The van der Waals surface area contributed by atoms with Gasteiger partial charge in [0.1, 0.15) is 0 Å². The van der Waals surface area contributed by atoms with Crippen molar-refractivity contribution in [2.24, 2.45) is 17.3 Å². The first kappa shape index (κ1) is 16.8. The number of rotatable bonds is 3. The minimum absolute atomic E-state index is 0.618. The number of hydrogen-bond acceptors (Lipinski definition) is 2.